The van der Waals surface area contributed by atoms with Crippen LogP contribution >= 0.6 is 0 Å². The van der Waals surface area contributed by atoms with Crippen LogP contribution in [0.15, 0.2) is 24.7 Å². The van der Waals surface area contributed by atoms with Crippen LogP contribution in [0.3, 0.4) is 0 Å². The van der Waals surface area contributed by atoms with Gasteiger partial charge in [0, 0.05) is 13.2 Å². The number of nitrogens with one attached hydrogen (secondary N) is 1. The maximum absolute atomic E-state index is 13.2. The van der Waals surface area contributed by atoms with Crippen LogP contribution in [-0.2, 0) is 7.05 Å². The maximum atomic E-state index is 13.2. The van der Waals surface area contributed by atoms with Gasteiger partial charge in [0.25, 0.3) is 5.91 Å². The SMILES string of the molecule is Cn1cc(NC(=O)c2cc(F)cnc2F)cn1. The Morgan fingerprint density at radius 2 is 2.18 bits per heavy atom. The van der Waals surface area contributed by atoms with Crippen molar-refractivity contribution < 1.29 is 13.6 Å². The minimum absolute atomic E-state index is 0.390. The predicted molar refractivity (Wildman–Crippen MR) is 55.3 cm³/mol. The number of aryl methyl sites for hydroxylation is 1. The van der Waals surface area contributed by atoms with E-state index in [1.807, 2.05) is 0 Å². The molecule has 0 unspecified atom stereocenters. The molecule has 0 atom stereocenters. The molecule has 0 spiro atoms. The van der Waals surface area contributed by atoms with Crippen LogP contribution in [0.25, 0.3) is 0 Å². The van der Waals surface area contributed by atoms with Crippen molar-refractivity contribution in [3.8, 4) is 0 Å². The van der Waals surface area contributed by atoms with Gasteiger partial charge in [0.05, 0.1) is 23.6 Å². The third kappa shape index (κ3) is 2.44. The van der Waals surface area contributed by atoms with Crippen LogP contribution in [0, 0.1) is 11.8 Å². The van der Waals surface area contributed by atoms with Gasteiger partial charge in [-0.3, -0.25) is 9.48 Å². The number of hydrogen-bond donors (Lipinski definition) is 1. The van der Waals surface area contributed by atoms with Gasteiger partial charge in [0.15, 0.2) is 0 Å². The van der Waals surface area contributed by atoms with E-state index in [2.05, 4.69) is 15.4 Å². The second kappa shape index (κ2) is 4.28. The zero-order valence-electron chi connectivity index (χ0n) is 8.82. The highest BCUT2D eigenvalue weighted by atomic mass is 19.1. The highest BCUT2D eigenvalue weighted by Gasteiger charge is 2.14. The molecule has 2 aromatic rings. The van der Waals surface area contributed by atoms with Crippen molar-refractivity contribution in [2.24, 2.45) is 7.05 Å². The van der Waals surface area contributed by atoms with Crippen LogP contribution in [0.5, 0.6) is 0 Å². The summed E-state index contributed by atoms with van der Waals surface area (Å²) in [6.45, 7) is 0. The number of carbonyl (C=O) groups is 1. The number of hydrogen-bond acceptors (Lipinski definition) is 3. The van der Waals surface area contributed by atoms with Gasteiger partial charge in [-0.25, -0.2) is 9.37 Å². The van der Waals surface area contributed by atoms with Crippen molar-refractivity contribution in [3.63, 3.8) is 0 Å². The molecule has 0 aliphatic rings. The molecule has 0 radical (unpaired) electrons. The Hall–Kier alpha value is -2.31. The summed E-state index contributed by atoms with van der Waals surface area (Å²) in [6.07, 6.45) is 3.63. The molecule has 0 aliphatic carbocycles. The summed E-state index contributed by atoms with van der Waals surface area (Å²) < 4.78 is 27.5. The predicted octanol–water partition coefficient (Wildman–Crippen LogP) is 1.35. The monoisotopic (exact) mass is 238 g/mol. The Morgan fingerprint density at radius 1 is 1.41 bits per heavy atom. The average molecular weight is 238 g/mol. The highest BCUT2D eigenvalue weighted by Crippen LogP contribution is 2.10. The van der Waals surface area contributed by atoms with Gasteiger partial charge in [-0.2, -0.15) is 9.49 Å². The van der Waals surface area contributed by atoms with Crippen LogP contribution < -0.4 is 5.32 Å². The molecule has 2 rings (SSSR count). The molecular weight excluding hydrogens is 230 g/mol. The van der Waals surface area contributed by atoms with Crippen molar-refractivity contribution in [2.75, 3.05) is 5.32 Å². The zero-order valence-corrected chi connectivity index (χ0v) is 8.82. The summed E-state index contributed by atoms with van der Waals surface area (Å²) in [5.74, 6) is -2.57. The zero-order chi connectivity index (χ0) is 12.4. The first-order valence-electron chi connectivity index (χ1n) is 4.67. The van der Waals surface area contributed by atoms with Crippen molar-refractivity contribution in [2.45, 2.75) is 0 Å². The lowest BCUT2D eigenvalue weighted by atomic mass is 10.2. The summed E-state index contributed by atoms with van der Waals surface area (Å²) in [4.78, 5) is 14.7. The Labute approximate surface area is 95.1 Å². The average Bonchev–Trinajstić information content (AvgIpc) is 2.67. The second-order valence-corrected chi connectivity index (χ2v) is 3.35. The molecule has 1 N–H and O–H groups in total. The van der Waals surface area contributed by atoms with Gasteiger partial charge in [0.1, 0.15) is 5.82 Å². The molecule has 5 nitrogen and oxygen atoms in total. The Bertz CT molecular complexity index is 567. The number of halogens is 2. The summed E-state index contributed by atoms with van der Waals surface area (Å²) >= 11 is 0. The molecule has 0 saturated heterocycles. The molecule has 17 heavy (non-hydrogen) atoms. The van der Waals surface area contributed by atoms with E-state index in [1.165, 1.54) is 17.1 Å². The largest absolute Gasteiger partial charge is 0.319 e. The molecule has 0 bridgehead atoms. The normalized spacial score (nSPS) is 10.3. The smallest absolute Gasteiger partial charge is 0.260 e. The molecule has 0 saturated carbocycles. The fourth-order valence-corrected chi connectivity index (χ4v) is 1.27. The van der Waals surface area contributed by atoms with E-state index in [9.17, 15) is 13.6 Å². The van der Waals surface area contributed by atoms with Gasteiger partial charge < -0.3 is 5.32 Å². The van der Waals surface area contributed by atoms with Gasteiger partial charge in [0.2, 0.25) is 5.95 Å². The molecule has 0 fully saturated rings. The summed E-state index contributed by atoms with van der Waals surface area (Å²) in [5.41, 5.74) is -0.0602. The lowest BCUT2D eigenvalue weighted by molar-refractivity contribution is 0.102. The van der Waals surface area contributed by atoms with Crippen molar-refractivity contribution in [1.29, 1.82) is 0 Å². The molecule has 0 aromatic carbocycles. The van der Waals surface area contributed by atoms with Gasteiger partial charge in [-0.1, -0.05) is 0 Å². The Morgan fingerprint density at radius 3 is 2.82 bits per heavy atom. The molecule has 7 heteroatoms. The minimum Gasteiger partial charge on any atom is -0.319 e. The first-order valence-corrected chi connectivity index (χ1v) is 4.67. The van der Waals surface area contributed by atoms with E-state index in [4.69, 9.17) is 0 Å². The number of carbonyl (C=O) groups excluding carboxylic acids is 1. The van der Waals surface area contributed by atoms with E-state index < -0.39 is 23.2 Å². The molecule has 1 amide bonds. The molecule has 2 aromatic heterocycles. The topological polar surface area (TPSA) is 59.8 Å². The number of pyridine rings is 1. The lowest BCUT2D eigenvalue weighted by Crippen LogP contribution is -2.14. The standard InChI is InChI=1S/C10H8F2N4O/c1-16-5-7(4-14-16)15-10(17)8-2-6(11)3-13-9(8)12/h2-5H,1H3,(H,15,17). The number of amides is 1. The number of rotatable bonds is 2. The number of nitrogens with zero attached hydrogens (tertiary/aromatic N) is 3. The van der Waals surface area contributed by atoms with Crippen LogP contribution in [-0.4, -0.2) is 20.7 Å². The van der Waals surface area contributed by atoms with E-state index in [-0.39, 0.29) is 0 Å². The lowest BCUT2D eigenvalue weighted by Gasteiger charge is -2.02. The third-order valence-electron chi connectivity index (χ3n) is 2.01. The second-order valence-electron chi connectivity index (χ2n) is 3.35. The van der Waals surface area contributed by atoms with Crippen molar-refractivity contribution >= 4 is 11.6 Å². The molecular formula is C10H8F2N4O. The van der Waals surface area contributed by atoms with Crippen molar-refractivity contribution in [3.05, 3.63) is 42.0 Å². The van der Waals surface area contributed by atoms with Gasteiger partial charge in [-0.05, 0) is 6.07 Å². The Balaban J connectivity index is 2.22. The highest BCUT2D eigenvalue weighted by molar-refractivity contribution is 6.04. The van der Waals surface area contributed by atoms with Crippen LogP contribution in [0.1, 0.15) is 10.4 Å². The molecule has 88 valence electrons. The van der Waals surface area contributed by atoms with Crippen molar-refractivity contribution in [1.82, 2.24) is 14.8 Å². The summed E-state index contributed by atoms with van der Waals surface area (Å²) in [5, 5.41) is 6.20. The molecule has 2 heterocycles. The number of anilines is 1. The van der Waals surface area contributed by atoms with E-state index in [1.54, 1.807) is 7.05 Å². The maximum Gasteiger partial charge on any atom is 0.260 e. The summed E-state index contributed by atoms with van der Waals surface area (Å²) in [6, 6.07) is 0.786. The summed E-state index contributed by atoms with van der Waals surface area (Å²) in [7, 11) is 1.67. The fourth-order valence-electron chi connectivity index (χ4n) is 1.27. The third-order valence-corrected chi connectivity index (χ3v) is 2.01. The number of aromatic nitrogens is 3. The van der Waals surface area contributed by atoms with Crippen LogP contribution in [0.2, 0.25) is 0 Å². The Kier molecular flexibility index (Phi) is 2.82. The minimum atomic E-state index is -1.02. The quantitative estimate of drug-likeness (QED) is 0.803. The fraction of sp³-hybridized carbons (Fsp3) is 0.100. The van der Waals surface area contributed by atoms with Crippen LogP contribution in [0.4, 0.5) is 14.5 Å². The first kappa shape index (κ1) is 11.2. The molecule has 0 aliphatic heterocycles. The van der Waals surface area contributed by atoms with E-state index in [0.717, 1.165) is 6.07 Å². The van der Waals surface area contributed by atoms with E-state index in [0.29, 0.717) is 11.9 Å². The van der Waals surface area contributed by atoms with E-state index >= 15 is 0 Å². The van der Waals surface area contributed by atoms with Gasteiger partial charge >= 0.3 is 0 Å². The first-order chi connectivity index (χ1) is 8.06. The van der Waals surface area contributed by atoms with Gasteiger partial charge in [-0.15, -0.1) is 0 Å².